The van der Waals surface area contributed by atoms with E-state index in [2.05, 4.69) is 5.32 Å². The van der Waals surface area contributed by atoms with Gasteiger partial charge in [0.1, 0.15) is 11.8 Å². The molecule has 8 heteroatoms. The third-order valence-corrected chi connectivity index (χ3v) is 7.20. The van der Waals surface area contributed by atoms with Crippen molar-refractivity contribution >= 4 is 46.6 Å². The van der Waals surface area contributed by atoms with Gasteiger partial charge in [0.25, 0.3) is 5.91 Å². The summed E-state index contributed by atoms with van der Waals surface area (Å²) in [5, 5.41) is 4.74. The molecule has 0 heterocycles. The van der Waals surface area contributed by atoms with Crippen LogP contribution in [0.1, 0.15) is 56.6 Å². The van der Waals surface area contributed by atoms with Gasteiger partial charge in [-0.1, -0.05) is 67.1 Å². The number of hydrogen-bond acceptors (Lipinski definition) is 3. The molecule has 1 saturated carbocycles. The van der Waals surface area contributed by atoms with Crippen molar-refractivity contribution in [2.24, 2.45) is 0 Å². The zero-order valence-corrected chi connectivity index (χ0v) is 21.8. The number of amides is 2. The van der Waals surface area contributed by atoms with Crippen LogP contribution >= 0.6 is 34.8 Å². The van der Waals surface area contributed by atoms with Crippen LogP contribution in [0.25, 0.3) is 0 Å². The Balaban J connectivity index is 1.79. The third-order valence-electron chi connectivity index (χ3n) is 6.18. The summed E-state index contributed by atoms with van der Waals surface area (Å²) in [5.74, 6) is 0.0962. The molecule has 1 aliphatic carbocycles. The lowest BCUT2D eigenvalue weighted by atomic mass is 9.95. The van der Waals surface area contributed by atoms with E-state index in [0.717, 1.165) is 31.2 Å². The second kappa shape index (κ2) is 12.7. The summed E-state index contributed by atoms with van der Waals surface area (Å²) in [6.07, 6.45) is 5.83. The van der Waals surface area contributed by atoms with E-state index in [-0.39, 0.29) is 31.0 Å². The van der Waals surface area contributed by atoms with E-state index >= 15 is 0 Å². The molecule has 184 valence electrons. The lowest BCUT2D eigenvalue weighted by Crippen LogP contribution is -2.52. The van der Waals surface area contributed by atoms with Gasteiger partial charge >= 0.3 is 0 Å². The summed E-state index contributed by atoms with van der Waals surface area (Å²) in [7, 11) is 0. The summed E-state index contributed by atoms with van der Waals surface area (Å²) in [6.45, 7) is 3.74. The lowest BCUT2D eigenvalue weighted by molar-refractivity contribution is -0.143. The highest BCUT2D eigenvalue weighted by molar-refractivity contribution is 6.35. The molecule has 34 heavy (non-hydrogen) atoms. The van der Waals surface area contributed by atoms with Crippen LogP contribution < -0.4 is 10.1 Å². The van der Waals surface area contributed by atoms with Crippen LogP contribution in [-0.4, -0.2) is 35.4 Å². The quantitative estimate of drug-likeness (QED) is 0.402. The largest absolute Gasteiger partial charge is 0.484 e. The summed E-state index contributed by atoms with van der Waals surface area (Å²) in [4.78, 5) is 28.2. The minimum atomic E-state index is -0.642. The first kappa shape index (κ1) is 26.7. The van der Waals surface area contributed by atoms with E-state index in [9.17, 15) is 9.59 Å². The Morgan fingerprint density at radius 3 is 2.44 bits per heavy atom. The Morgan fingerprint density at radius 1 is 1.06 bits per heavy atom. The molecular weight excluding hydrogens is 495 g/mol. The van der Waals surface area contributed by atoms with Gasteiger partial charge in [-0.25, -0.2) is 0 Å². The summed E-state index contributed by atoms with van der Waals surface area (Å²) < 4.78 is 5.76. The van der Waals surface area contributed by atoms with Crippen molar-refractivity contribution in [3.63, 3.8) is 0 Å². The maximum absolute atomic E-state index is 13.4. The first-order valence-corrected chi connectivity index (χ1v) is 12.8. The number of carbonyl (C=O) groups is 2. The van der Waals surface area contributed by atoms with Gasteiger partial charge in [-0.3, -0.25) is 9.59 Å². The average Bonchev–Trinajstić information content (AvgIpc) is 2.81. The number of benzene rings is 2. The van der Waals surface area contributed by atoms with Crippen molar-refractivity contribution in [1.29, 1.82) is 0 Å². The van der Waals surface area contributed by atoms with Crippen molar-refractivity contribution in [1.82, 2.24) is 10.2 Å². The number of carbonyl (C=O) groups excluding carboxylic acids is 2. The molecule has 1 N–H and O–H groups in total. The highest BCUT2D eigenvalue weighted by Crippen LogP contribution is 2.25. The fourth-order valence-electron chi connectivity index (χ4n) is 4.23. The SMILES string of the molecule is CC[C@@H](C(=O)NC1CCCCC1)N(Cc1ccc(Cl)cc1Cl)C(=O)COc1ccc(Cl)c(C)c1. The monoisotopic (exact) mass is 524 g/mol. The average molecular weight is 526 g/mol. The van der Waals surface area contributed by atoms with E-state index in [1.165, 1.54) is 6.42 Å². The Bertz CT molecular complexity index is 1010. The molecular formula is C26H31Cl3N2O3. The second-order valence-electron chi connectivity index (χ2n) is 8.72. The van der Waals surface area contributed by atoms with Crippen LogP contribution in [0.2, 0.25) is 15.1 Å². The highest BCUT2D eigenvalue weighted by Gasteiger charge is 2.31. The minimum absolute atomic E-state index is 0.143. The van der Waals surface area contributed by atoms with Crippen LogP contribution in [0.3, 0.4) is 0 Å². The fourth-order valence-corrected chi connectivity index (χ4v) is 4.82. The van der Waals surface area contributed by atoms with Gasteiger partial charge in [0, 0.05) is 27.7 Å². The molecule has 5 nitrogen and oxygen atoms in total. The molecule has 2 aromatic rings. The van der Waals surface area contributed by atoms with Crippen LogP contribution in [-0.2, 0) is 16.1 Å². The first-order chi connectivity index (χ1) is 16.3. The Kier molecular flexibility index (Phi) is 9.93. The third kappa shape index (κ3) is 7.27. The number of nitrogens with one attached hydrogen (secondary N) is 1. The summed E-state index contributed by atoms with van der Waals surface area (Å²) >= 11 is 18.5. The van der Waals surface area contributed by atoms with E-state index in [1.54, 1.807) is 41.3 Å². The van der Waals surface area contributed by atoms with Gasteiger partial charge in [0.15, 0.2) is 6.61 Å². The first-order valence-electron chi connectivity index (χ1n) is 11.7. The lowest BCUT2D eigenvalue weighted by Gasteiger charge is -2.33. The number of hydrogen-bond donors (Lipinski definition) is 1. The molecule has 2 amide bonds. The van der Waals surface area contributed by atoms with Gasteiger partial charge in [0.05, 0.1) is 0 Å². The zero-order valence-electron chi connectivity index (χ0n) is 19.6. The van der Waals surface area contributed by atoms with E-state index in [1.807, 2.05) is 13.8 Å². The molecule has 1 aliphatic rings. The predicted molar refractivity (Wildman–Crippen MR) is 138 cm³/mol. The summed E-state index contributed by atoms with van der Waals surface area (Å²) in [5.41, 5.74) is 1.57. The molecule has 0 radical (unpaired) electrons. The van der Waals surface area contributed by atoms with Crippen molar-refractivity contribution in [3.8, 4) is 5.75 Å². The molecule has 0 saturated heterocycles. The van der Waals surface area contributed by atoms with Crippen molar-refractivity contribution in [3.05, 3.63) is 62.6 Å². The van der Waals surface area contributed by atoms with Crippen LogP contribution in [0.4, 0.5) is 0 Å². The number of halogens is 3. The molecule has 2 aromatic carbocycles. The topological polar surface area (TPSA) is 58.6 Å². The maximum Gasteiger partial charge on any atom is 0.261 e. The molecule has 0 aliphatic heterocycles. The maximum atomic E-state index is 13.4. The molecule has 0 aromatic heterocycles. The van der Waals surface area contributed by atoms with Crippen LogP contribution in [0.15, 0.2) is 36.4 Å². The van der Waals surface area contributed by atoms with Crippen molar-refractivity contribution < 1.29 is 14.3 Å². The van der Waals surface area contributed by atoms with Gasteiger partial charge in [-0.15, -0.1) is 0 Å². The Morgan fingerprint density at radius 2 is 1.79 bits per heavy atom. The van der Waals surface area contributed by atoms with Crippen molar-refractivity contribution in [2.45, 2.75) is 71.0 Å². The van der Waals surface area contributed by atoms with Gasteiger partial charge in [0.2, 0.25) is 5.91 Å². The van der Waals surface area contributed by atoms with Gasteiger partial charge in [-0.05, 0) is 67.6 Å². The standard InChI is InChI=1S/C26H31Cl3N2O3/c1-3-24(26(33)30-20-7-5-4-6-8-20)31(15-18-9-10-19(27)14-23(18)29)25(32)16-34-21-11-12-22(28)17(2)13-21/h9-14,20,24H,3-8,15-16H2,1-2H3,(H,30,33)/t24-/m0/s1. The number of nitrogens with zero attached hydrogens (tertiary/aromatic N) is 1. The van der Waals surface area contributed by atoms with E-state index in [4.69, 9.17) is 39.5 Å². The second-order valence-corrected chi connectivity index (χ2v) is 9.98. The highest BCUT2D eigenvalue weighted by atomic mass is 35.5. The number of aryl methyl sites for hydroxylation is 1. The minimum Gasteiger partial charge on any atom is -0.484 e. The molecule has 1 fully saturated rings. The van der Waals surface area contributed by atoms with E-state index < -0.39 is 6.04 Å². The Hall–Kier alpha value is -1.95. The summed E-state index contributed by atoms with van der Waals surface area (Å²) in [6, 6.07) is 9.88. The fraction of sp³-hybridized carbons (Fsp3) is 0.462. The molecule has 1 atom stereocenters. The molecule has 0 bridgehead atoms. The van der Waals surface area contributed by atoms with Crippen LogP contribution in [0.5, 0.6) is 5.75 Å². The molecule has 0 unspecified atom stereocenters. The smallest absolute Gasteiger partial charge is 0.261 e. The Labute approximate surface area is 216 Å². The van der Waals surface area contributed by atoms with Crippen LogP contribution in [0, 0.1) is 6.92 Å². The van der Waals surface area contributed by atoms with Crippen molar-refractivity contribution in [2.75, 3.05) is 6.61 Å². The van der Waals surface area contributed by atoms with E-state index in [0.29, 0.717) is 32.8 Å². The number of ether oxygens (including phenoxy) is 1. The zero-order chi connectivity index (χ0) is 24.7. The molecule has 0 spiro atoms. The molecule has 3 rings (SSSR count). The predicted octanol–water partition coefficient (Wildman–Crippen LogP) is 6.59. The normalized spacial score (nSPS) is 15.0. The van der Waals surface area contributed by atoms with Gasteiger partial charge in [-0.2, -0.15) is 0 Å². The number of rotatable bonds is 9. The van der Waals surface area contributed by atoms with Gasteiger partial charge < -0.3 is 15.0 Å².